The molecule has 0 spiro atoms. The summed E-state index contributed by atoms with van der Waals surface area (Å²) in [5, 5.41) is 8.60. The third-order valence-electron chi connectivity index (χ3n) is 4.61. The van der Waals surface area contributed by atoms with Crippen molar-refractivity contribution in [2.45, 2.75) is 32.9 Å². The van der Waals surface area contributed by atoms with Crippen molar-refractivity contribution in [2.24, 2.45) is 0 Å². The molecule has 2 amide bonds. The summed E-state index contributed by atoms with van der Waals surface area (Å²) in [4.78, 5) is 14.4. The van der Waals surface area contributed by atoms with Crippen LogP contribution in [0, 0.1) is 18.6 Å². The van der Waals surface area contributed by atoms with Gasteiger partial charge in [-0.05, 0) is 43.1 Å². The molecule has 1 atom stereocenters. The number of hydrogen-bond donors (Lipinski definition) is 1. The first-order valence-electron chi connectivity index (χ1n) is 8.35. The van der Waals surface area contributed by atoms with Crippen molar-refractivity contribution in [1.82, 2.24) is 14.4 Å². The van der Waals surface area contributed by atoms with Gasteiger partial charge in [-0.3, -0.25) is 0 Å². The second-order valence-electron chi connectivity index (χ2n) is 6.52. The zero-order chi connectivity index (χ0) is 19.1. The molecule has 4 rings (SSSR count). The van der Waals surface area contributed by atoms with Gasteiger partial charge in [0.25, 0.3) is 0 Å². The standard InChI is InChI=1S/C18H16F2N4O2S/c1-9-5-11(7-13(19)16(9)20)21-18(25)24-8-12-15(6-10(24)2)22-26-17(12)14-3-4-27-23-14/h3-5,7,10H,6,8H2,1-2H3,(H,21,25). The highest BCUT2D eigenvalue weighted by Gasteiger charge is 2.32. The summed E-state index contributed by atoms with van der Waals surface area (Å²) in [7, 11) is 0. The number of fused-ring (bicyclic) bond motifs is 1. The number of aryl methyl sites for hydroxylation is 1. The number of rotatable bonds is 2. The molecule has 1 aliphatic rings. The van der Waals surface area contributed by atoms with Crippen molar-refractivity contribution >= 4 is 23.3 Å². The molecule has 9 heteroatoms. The van der Waals surface area contributed by atoms with Gasteiger partial charge in [0.05, 0.1) is 12.2 Å². The topological polar surface area (TPSA) is 71.3 Å². The summed E-state index contributed by atoms with van der Waals surface area (Å²) in [5.74, 6) is -1.36. The number of carbonyl (C=O) groups is 1. The Balaban J connectivity index is 1.58. The van der Waals surface area contributed by atoms with E-state index in [-0.39, 0.29) is 17.3 Å². The van der Waals surface area contributed by atoms with E-state index < -0.39 is 17.7 Å². The Labute approximate surface area is 157 Å². The second kappa shape index (κ2) is 6.73. The van der Waals surface area contributed by atoms with E-state index in [2.05, 4.69) is 14.8 Å². The van der Waals surface area contributed by atoms with Gasteiger partial charge in [-0.15, -0.1) is 0 Å². The molecular weight excluding hydrogens is 374 g/mol. The highest BCUT2D eigenvalue weighted by molar-refractivity contribution is 7.03. The Morgan fingerprint density at radius 3 is 2.93 bits per heavy atom. The molecule has 3 aromatic rings. The highest BCUT2D eigenvalue weighted by atomic mass is 32.1. The fourth-order valence-corrected chi connectivity index (χ4v) is 3.69. The lowest BCUT2D eigenvalue weighted by molar-refractivity contribution is 0.182. The molecule has 140 valence electrons. The van der Waals surface area contributed by atoms with Gasteiger partial charge in [-0.2, -0.15) is 4.37 Å². The van der Waals surface area contributed by atoms with Crippen LogP contribution in [-0.4, -0.2) is 26.5 Å². The Morgan fingerprint density at radius 1 is 1.41 bits per heavy atom. The predicted molar refractivity (Wildman–Crippen MR) is 96.4 cm³/mol. The van der Waals surface area contributed by atoms with Crippen LogP contribution in [0.3, 0.4) is 0 Å². The number of amides is 2. The molecule has 0 saturated carbocycles. The number of nitrogens with one attached hydrogen (secondary N) is 1. The quantitative estimate of drug-likeness (QED) is 0.706. The van der Waals surface area contributed by atoms with Crippen LogP contribution in [0.15, 0.2) is 28.1 Å². The van der Waals surface area contributed by atoms with Crippen LogP contribution in [0.2, 0.25) is 0 Å². The first-order chi connectivity index (χ1) is 12.9. The Hall–Kier alpha value is -2.81. The molecule has 3 heterocycles. The molecule has 1 unspecified atom stereocenters. The van der Waals surface area contributed by atoms with Gasteiger partial charge in [-0.1, -0.05) is 5.16 Å². The Kier molecular flexibility index (Phi) is 4.39. The largest absolute Gasteiger partial charge is 0.354 e. The Bertz CT molecular complexity index is 980. The summed E-state index contributed by atoms with van der Waals surface area (Å²) < 4.78 is 36.8. The van der Waals surface area contributed by atoms with E-state index in [1.54, 1.807) is 4.90 Å². The van der Waals surface area contributed by atoms with Crippen LogP contribution in [0.4, 0.5) is 19.3 Å². The molecule has 0 aliphatic carbocycles. The third-order valence-corrected chi connectivity index (χ3v) is 5.17. The molecule has 0 bridgehead atoms. The maximum absolute atomic E-state index is 13.6. The second-order valence-corrected chi connectivity index (χ2v) is 7.19. The number of aromatic nitrogens is 2. The summed E-state index contributed by atoms with van der Waals surface area (Å²) in [6.45, 7) is 3.64. The van der Waals surface area contributed by atoms with E-state index >= 15 is 0 Å². The minimum Gasteiger partial charge on any atom is -0.354 e. The number of benzene rings is 1. The van der Waals surface area contributed by atoms with Crippen LogP contribution in [0.5, 0.6) is 0 Å². The molecular formula is C18H16F2N4O2S. The van der Waals surface area contributed by atoms with E-state index in [1.807, 2.05) is 18.4 Å². The molecule has 1 N–H and O–H groups in total. The number of halogens is 2. The number of carbonyl (C=O) groups excluding carboxylic acids is 1. The van der Waals surface area contributed by atoms with E-state index in [9.17, 15) is 13.6 Å². The van der Waals surface area contributed by atoms with Crippen LogP contribution < -0.4 is 5.32 Å². The van der Waals surface area contributed by atoms with Crippen molar-refractivity contribution in [1.29, 1.82) is 0 Å². The van der Waals surface area contributed by atoms with Gasteiger partial charge < -0.3 is 14.7 Å². The summed E-state index contributed by atoms with van der Waals surface area (Å²) in [6, 6.07) is 3.68. The molecule has 2 aromatic heterocycles. The van der Waals surface area contributed by atoms with Crippen molar-refractivity contribution < 1.29 is 18.1 Å². The zero-order valence-corrected chi connectivity index (χ0v) is 15.4. The summed E-state index contributed by atoms with van der Waals surface area (Å²) in [5.41, 5.74) is 2.64. The Morgan fingerprint density at radius 2 is 2.22 bits per heavy atom. The van der Waals surface area contributed by atoms with Crippen LogP contribution in [0.25, 0.3) is 11.5 Å². The lowest BCUT2D eigenvalue weighted by Gasteiger charge is -2.32. The van der Waals surface area contributed by atoms with Gasteiger partial charge in [0.1, 0.15) is 5.69 Å². The number of anilines is 1. The molecule has 0 fully saturated rings. The fraction of sp³-hybridized carbons (Fsp3) is 0.278. The van der Waals surface area contributed by atoms with Gasteiger partial charge >= 0.3 is 6.03 Å². The number of urea groups is 1. The van der Waals surface area contributed by atoms with E-state index in [1.165, 1.54) is 24.5 Å². The van der Waals surface area contributed by atoms with Crippen molar-refractivity contribution in [2.75, 3.05) is 5.32 Å². The van der Waals surface area contributed by atoms with Crippen molar-refractivity contribution in [3.63, 3.8) is 0 Å². The lowest BCUT2D eigenvalue weighted by Crippen LogP contribution is -2.44. The van der Waals surface area contributed by atoms with Gasteiger partial charge in [0.15, 0.2) is 17.4 Å². The summed E-state index contributed by atoms with van der Waals surface area (Å²) >= 11 is 1.30. The minimum atomic E-state index is -0.996. The third kappa shape index (κ3) is 3.18. The molecule has 0 saturated heterocycles. The number of nitrogens with zero attached hydrogens (tertiary/aromatic N) is 3. The fourth-order valence-electron chi connectivity index (χ4n) is 3.18. The molecule has 0 radical (unpaired) electrons. The van der Waals surface area contributed by atoms with Crippen LogP contribution >= 0.6 is 11.5 Å². The first kappa shape index (κ1) is 17.6. The minimum absolute atomic E-state index is 0.128. The average molecular weight is 390 g/mol. The number of hydrogen-bond acceptors (Lipinski definition) is 5. The van der Waals surface area contributed by atoms with E-state index in [0.29, 0.717) is 24.4 Å². The smallest absolute Gasteiger partial charge is 0.322 e. The summed E-state index contributed by atoms with van der Waals surface area (Å²) in [6.07, 6.45) is 0.535. The van der Waals surface area contributed by atoms with Crippen molar-refractivity contribution in [3.8, 4) is 11.5 Å². The van der Waals surface area contributed by atoms with Crippen LogP contribution in [0.1, 0.15) is 23.7 Å². The molecule has 1 aliphatic heterocycles. The van der Waals surface area contributed by atoms with E-state index in [4.69, 9.17) is 4.52 Å². The normalized spacial score (nSPS) is 16.3. The van der Waals surface area contributed by atoms with E-state index in [0.717, 1.165) is 17.3 Å². The lowest BCUT2D eigenvalue weighted by atomic mass is 9.99. The highest BCUT2D eigenvalue weighted by Crippen LogP contribution is 2.32. The van der Waals surface area contributed by atoms with Crippen LogP contribution in [-0.2, 0) is 13.0 Å². The van der Waals surface area contributed by atoms with Gasteiger partial charge in [-0.25, -0.2) is 13.6 Å². The van der Waals surface area contributed by atoms with Gasteiger partial charge in [0, 0.05) is 35.2 Å². The SMILES string of the molecule is Cc1cc(NC(=O)N2Cc3c(noc3-c3ccsn3)CC2C)cc(F)c1F. The van der Waals surface area contributed by atoms with Crippen molar-refractivity contribution in [3.05, 3.63) is 52.0 Å². The maximum Gasteiger partial charge on any atom is 0.322 e. The first-order valence-corrected chi connectivity index (χ1v) is 9.19. The van der Waals surface area contributed by atoms with Gasteiger partial charge in [0.2, 0.25) is 0 Å². The maximum atomic E-state index is 13.6. The molecule has 27 heavy (non-hydrogen) atoms. The zero-order valence-electron chi connectivity index (χ0n) is 14.6. The monoisotopic (exact) mass is 390 g/mol. The molecule has 1 aromatic carbocycles. The predicted octanol–water partition coefficient (Wildman–Crippen LogP) is 4.36. The molecule has 6 nitrogen and oxygen atoms in total. The average Bonchev–Trinajstić information content (AvgIpc) is 3.27.